The third-order valence-corrected chi connectivity index (χ3v) is 4.47. The summed E-state index contributed by atoms with van der Waals surface area (Å²) >= 11 is 0. The summed E-state index contributed by atoms with van der Waals surface area (Å²) in [5.74, 6) is -0.258. The van der Waals surface area contributed by atoms with Crippen LogP contribution in [0, 0.1) is 18.6 Å². The maximum absolute atomic E-state index is 13.9. The van der Waals surface area contributed by atoms with Crippen molar-refractivity contribution in [2.75, 3.05) is 26.7 Å². The number of halogens is 2. The first kappa shape index (κ1) is 16.1. The minimum atomic E-state index is -0.535. The minimum absolute atomic E-state index is 0.0612. The maximum Gasteiger partial charge on any atom is 0.229 e. The molecule has 2 heterocycles. The Balaban J connectivity index is 1.80. The second-order valence-electron chi connectivity index (χ2n) is 6.21. The molecule has 124 valence electrons. The van der Waals surface area contributed by atoms with Crippen molar-refractivity contribution in [2.24, 2.45) is 0 Å². The van der Waals surface area contributed by atoms with Gasteiger partial charge in [0.2, 0.25) is 5.89 Å². The van der Waals surface area contributed by atoms with Gasteiger partial charge < -0.3 is 9.32 Å². The molecule has 0 N–H and O–H groups in total. The fourth-order valence-corrected chi connectivity index (χ4v) is 2.83. The zero-order valence-corrected chi connectivity index (χ0v) is 13.6. The maximum atomic E-state index is 13.9. The Morgan fingerprint density at radius 3 is 2.83 bits per heavy atom. The summed E-state index contributed by atoms with van der Waals surface area (Å²) in [5.41, 5.74) is 0.839. The zero-order valence-electron chi connectivity index (χ0n) is 13.6. The number of aryl methyl sites for hydroxylation is 1. The van der Waals surface area contributed by atoms with Crippen LogP contribution in [0.1, 0.15) is 18.4 Å². The molecule has 1 aromatic carbocycles. The van der Waals surface area contributed by atoms with Crippen LogP contribution in [0.4, 0.5) is 8.78 Å². The van der Waals surface area contributed by atoms with Crippen molar-refractivity contribution < 1.29 is 13.2 Å². The standard InChI is InChI=1S/C17H21F2N3O/c1-11-9-22(7-6-21(11)3)10-16-12(2)23-17(20-16)14-8-13(18)4-5-15(14)19/h4-5,8,11H,6-7,9-10H2,1-3H3/t11-/m1/s1. The van der Waals surface area contributed by atoms with Gasteiger partial charge in [-0.1, -0.05) is 0 Å². The van der Waals surface area contributed by atoms with Crippen molar-refractivity contribution in [3.63, 3.8) is 0 Å². The lowest BCUT2D eigenvalue weighted by Crippen LogP contribution is -2.49. The van der Waals surface area contributed by atoms with Gasteiger partial charge in [0.1, 0.15) is 17.4 Å². The Morgan fingerprint density at radius 1 is 1.30 bits per heavy atom. The third-order valence-electron chi connectivity index (χ3n) is 4.47. The number of oxazole rings is 1. The average molecular weight is 321 g/mol. The summed E-state index contributed by atoms with van der Waals surface area (Å²) in [7, 11) is 2.12. The Bertz CT molecular complexity index is 701. The first-order chi connectivity index (χ1) is 10.9. The second kappa shape index (κ2) is 6.37. The third kappa shape index (κ3) is 3.43. The van der Waals surface area contributed by atoms with E-state index in [9.17, 15) is 8.78 Å². The molecule has 3 rings (SSSR count). The van der Waals surface area contributed by atoms with Gasteiger partial charge in [0.25, 0.3) is 0 Å². The Kier molecular flexibility index (Phi) is 4.46. The number of hydrogen-bond donors (Lipinski definition) is 0. The zero-order chi connectivity index (χ0) is 16.6. The summed E-state index contributed by atoms with van der Waals surface area (Å²) in [4.78, 5) is 9.02. The molecule has 1 saturated heterocycles. The molecule has 4 nitrogen and oxygen atoms in total. The number of benzene rings is 1. The lowest BCUT2D eigenvalue weighted by molar-refractivity contribution is 0.0988. The summed E-state index contributed by atoms with van der Waals surface area (Å²) in [6, 6.07) is 3.77. The van der Waals surface area contributed by atoms with E-state index < -0.39 is 11.6 Å². The van der Waals surface area contributed by atoms with E-state index in [1.807, 2.05) is 6.92 Å². The van der Waals surface area contributed by atoms with E-state index in [2.05, 4.69) is 28.8 Å². The molecule has 0 amide bonds. The van der Waals surface area contributed by atoms with E-state index in [1.165, 1.54) is 0 Å². The predicted octanol–water partition coefficient (Wildman–Crippen LogP) is 3.06. The van der Waals surface area contributed by atoms with Crippen LogP contribution in [0.25, 0.3) is 11.5 Å². The number of hydrogen-bond acceptors (Lipinski definition) is 4. The fraction of sp³-hybridized carbons (Fsp3) is 0.471. The summed E-state index contributed by atoms with van der Waals surface area (Å²) in [5, 5.41) is 0. The second-order valence-corrected chi connectivity index (χ2v) is 6.21. The lowest BCUT2D eigenvalue weighted by atomic mass is 10.2. The van der Waals surface area contributed by atoms with Crippen LogP contribution in [0.15, 0.2) is 22.6 Å². The van der Waals surface area contributed by atoms with Crippen LogP contribution >= 0.6 is 0 Å². The van der Waals surface area contributed by atoms with E-state index in [1.54, 1.807) is 0 Å². The molecule has 1 fully saturated rings. The largest absolute Gasteiger partial charge is 0.441 e. The lowest BCUT2D eigenvalue weighted by Gasteiger charge is -2.37. The molecule has 1 aliphatic rings. The molecule has 0 aliphatic carbocycles. The fourth-order valence-electron chi connectivity index (χ4n) is 2.83. The monoisotopic (exact) mass is 321 g/mol. The topological polar surface area (TPSA) is 32.5 Å². The van der Waals surface area contributed by atoms with Crippen LogP contribution in [-0.2, 0) is 6.54 Å². The van der Waals surface area contributed by atoms with Crippen LogP contribution in [-0.4, -0.2) is 47.5 Å². The number of aromatic nitrogens is 1. The highest BCUT2D eigenvalue weighted by Gasteiger charge is 2.23. The molecular weight excluding hydrogens is 300 g/mol. The van der Waals surface area contributed by atoms with Gasteiger partial charge in [-0.15, -0.1) is 0 Å². The molecular formula is C17H21F2N3O. The highest BCUT2D eigenvalue weighted by atomic mass is 19.1. The van der Waals surface area contributed by atoms with Crippen LogP contribution in [0.3, 0.4) is 0 Å². The summed E-state index contributed by atoms with van der Waals surface area (Å²) < 4.78 is 32.8. The van der Waals surface area contributed by atoms with Gasteiger partial charge in [-0.25, -0.2) is 13.8 Å². The van der Waals surface area contributed by atoms with Gasteiger partial charge in [-0.2, -0.15) is 0 Å². The normalized spacial score (nSPS) is 20.1. The SMILES string of the molecule is Cc1oc(-c2cc(F)ccc2F)nc1CN1CCN(C)[C@H](C)C1. The van der Waals surface area contributed by atoms with E-state index in [-0.39, 0.29) is 11.5 Å². The van der Waals surface area contributed by atoms with Gasteiger partial charge in [-0.3, -0.25) is 4.90 Å². The molecule has 0 radical (unpaired) electrons. The van der Waals surface area contributed by atoms with Gasteiger partial charge in [0.05, 0.1) is 11.3 Å². The van der Waals surface area contributed by atoms with E-state index in [4.69, 9.17) is 4.42 Å². The Morgan fingerprint density at radius 2 is 2.09 bits per heavy atom. The van der Waals surface area contributed by atoms with E-state index >= 15 is 0 Å². The quantitative estimate of drug-likeness (QED) is 0.870. The van der Waals surface area contributed by atoms with Gasteiger partial charge in [0, 0.05) is 32.2 Å². The van der Waals surface area contributed by atoms with Crippen LogP contribution in [0.5, 0.6) is 0 Å². The molecule has 23 heavy (non-hydrogen) atoms. The first-order valence-electron chi connectivity index (χ1n) is 7.78. The minimum Gasteiger partial charge on any atom is -0.441 e. The van der Waals surface area contributed by atoms with Crippen LogP contribution < -0.4 is 0 Å². The summed E-state index contributed by atoms with van der Waals surface area (Å²) in [6.45, 7) is 7.56. The van der Waals surface area contributed by atoms with Crippen molar-refractivity contribution in [1.82, 2.24) is 14.8 Å². The molecule has 0 bridgehead atoms. The van der Waals surface area contributed by atoms with Crippen molar-refractivity contribution >= 4 is 0 Å². The molecule has 0 spiro atoms. The highest BCUT2D eigenvalue weighted by Crippen LogP contribution is 2.26. The van der Waals surface area contributed by atoms with Crippen LogP contribution in [0.2, 0.25) is 0 Å². The predicted molar refractivity (Wildman–Crippen MR) is 84.0 cm³/mol. The van der Waals surface area contributed by atoms with Gasteiger partial charge in [-0.05, 0) is 39.1 Å². The molecule has 1 aliphatic heterocycles. The highest BCUT2D eigenvalue weighted by molar-refractivity contribution is 5.54. The van der Waals surface area contributed by atoms with Crippen molar-refractivity contribution in [3.05, 3.63) is 41.3 Å². The van der Waals surface area contributed by atoms with Crippen molar-refractivity contribution in [3.8, 4) is 11.5 Å². The molecule has 6 heteroatoms. The van der Waals surface area contributed by atoms with E-state index in [0.29, 0.717) is 18.3 Å². The Hall–Kier alpha value is -1.79. The molecule has 0 saturated carbocycles. The number of nitrogens with zero attached hydrogens (tertiary/aromatic N) is 3. The number of likely N-dealkylation sites (N-methyl/N-ethyl adjacent to an activating group) is 1. The van der Waals surface area contributed by atoms with E-state index in [0.717, 1.165) is 43.5 Å². The smallest absolute Gasteiger partial charge is 0.229 e. The number of piperazine rings is 1. The van der Waals surface area contributed by atoms with Gasteiger partial charge in [0.15, 0.2) is 0 Å². The average Bonchev–Trinajstić information content (AvgIpc) is 2.86. The Labute approximate surface area is 134 Å². The molecule has 1 aromatic heterocycles. The van der Waals surface area contributed by atoms with Gasteiger partial charge >= 0.3 is 0 Å². The first-order valence-corrected chi connectivity index (χ1v) is 7.78. The molecule has 2 aromatic rings. The summed E-state index contributed by atoms with van der Waals surface area (Å²) in [6.07, 6.45) is 0. The number of rotatable bonds is 3. The van der Waals surface area contributed by atoms with Crippen molar-refractivity contribution in [1.29, 1.82) is 0 Å². The van der Waals surface area contributed by atoms with Crippen molar-refractivity contribution in [2.45, 2.75) is 26.4 Å². The molecule has 0 unspecified atom stereocenters. The molecule has 1 atom stereocenters.